The molecule has 0 spiro atoms. The normalized spacial score (nSPS) is 16.5. The van der Waals surface area contributed by atoms with Crippen LogP contribution in [0.15, 0.2) is 24.3 Å². The first-order valence-corrected chi connectivity index (χ1v) is 11.8. The van der Waals surface area contributed by atoms with Gasteiger partial charge < -0.3 is 10.2 Å². The van der Waals surface area contributed by atoms with Gasteiger partial charge in [-0.1, -0.05) is 18.2 Å². The Morgan fingerprint density at radius 3 is 2.51 bits per heavy atom. The summed E-state index contributed by atoms with van der Waals surface area (Å²) in [5.74, 6) is -0.531. The number of likely N-dealkylation sites (tertiary alicyclic amines) is 1. The Morgan fingerprint density at radius 2 is 1.84 bits per heavy atom. The number of pyridine rings is 1. The summed E-state index contributed by atoms with van der Waals surface area (Å²) >= 11 is 0. The third-order valence-electron chi connectivity index (χ3n) is 6.83. The van der Waals surface area contributed by atoms with Crippen molar-refractivity contribution in [2.24, 2.45) is 0 Å². The summed E-state index contributed by atoms with van der Waals surface area (Å²) in [4.78, 5) is 22.2. The molecule has 1 saturated heterocycles. The lowest BCUT2D eigenvalue weighted by Gasteiger charge is -2.36. The Hall–Kier alpha value is -3.90. The minimum absolute atomic E-state index is 0.0319. The summed E-state index contributed by atoms with van der Waals surface area (Å²) < 4.78 is 59.0. The number of anilines is 1. The monoisotopic (exact) mass is 516 g/mol. The highest BCUT2D eigenvalue weighted by atomic mass is 19.3. The maximum atomic E-state index is 16.4. The number of alkyl halides is 3. The molecule has 4 heterocycles. The number of carbonyl (C=O) groups is 1. The van der Waals surface area contributed by atoms with Gasteiger partial charge in [0.1, 0.15) is 23.1 Å². The smallest absolute Gasteiger partial charge is 0.266 e. The second-order valence-electron chi connectivity index (χ2n) is 9.22. The van der Waals surface area contributed by atoms with Crippen molar-refractivity contribution in [3.63, 3.8) is 0 Å². The van der Waals surface area contributed by atoms with Crippen molar-refractivity contribution >= 4 is 28.4 Å². The van der Waals surface area contributed by atoms with Crippen molar-refractivity contribution in [3.8, 4) is 0 Å². The van der Waals surface area contributed by atoms with Gasteiger partial charge in [0.15, 0.2) is 11.3 Å². The Bertz CT molecular complexity index is 1500. The third kappa shape index (κ3) is 4.31. The maximum absolute atomic E-state index is 16.4. The second kappa shape index (κ2) is 9.20. The molecule has 3 aromatic heterocycles. The fourth-order valence-electron chi connectivity index (χ4n) is 4.81. The highest BCUT2D eigenvalue weighted by Gasteiger charge is 2.40. The Balaban J connectivity index is 1.61. The molecule has 0 unspecified atom stereocenters. The summed E-state index contributed by atoms with van der Waals surface area (Å²) in [6.07, 6.45) is -2.85. The van der Waals surface area contributed by atoms with Crippen LogP contribution in [-0.2, 0) is 10.5 Å². The van der Waals surface area contributed by atoms with Crippen LogP contribution in [0.1, 0.15) is 61.7 Å². The van der Waals surface area contributed by atoms with E-state index in [1.165, 1.54) is 23.6 Å². The van der Waals surface area contributed by atoms with Crippen LogP contribution in [0.5, 0.6) is 0 Å². The summed E-state index contributed by atoms with van der Waals surface area (Å²) in [5.41, 5.74) is -1.76. The zero-order valence-electron chi connectivity index (χ0n) is 20.3. The number of hydrogen-bond acceptors (Lipinski definition) is 7. The number of amides is 1. The first kappa shape index (κ1) is 24.8. The minimum Gasteiger partial charge on any atom is -0.363 e. The largest absolute Gasteiger partial charge is 0.363 e. The Kier molecular flexibility index (Phi) is 6.16. The van der Waals surface area contributed by atoms with Crippen LogP contribution in [0.2, 0.25) is 0 Å². The summed E-state index contributed by atoms with van der Waals surface area (Å²) in [6, 6.07) is 4.64. The zero-order valence-corrected chi connectivity index (χ0v) is 20.3. The van der Waals surface area contributed by atoms with Gasteiger partial charge in [0.2, 0.25) is 5.91 Å². The molecule has 1 atom stereocenters. The van der Waals surface area contributed by atoms with Crippen molar-refractivity contribution < 1.29 is 22.4 Å². The van der Waals surface area contributed by atoms with Crippen LogP contribution in [0.25, 0.3) is 16.7 Å². The van der Waals surface area contributed by atoms with E-state index in [4.69, 9.17) is 0 Å². The van der Waals surface area contributed by atoms with Crippen molar-refractivity contribution in [1.29, 1.82) is 0 Å². The van der Waals surface area contributed by atoms with Crippen LogP contribution < -0.4 is 5.32 Å². The number of carbonyl (C=O) groups excluding carboxylic acids is 1. The van der Waals surface area contributed by atoms with Crippen molar-refractivity contribution in [2.45, 2.75) is 51.7 Å². The SMILES string of the molecule is CC(=O)N1CCC(F)(c2cc3c(N[C@H](C)c4cccc(C(F)F)c4F)nc(C)nc3n3nnnc23)CC1. The first-order chi connectivity index (χ1) is 17.6. The lowest BCUT2D eigenvalue weighted by atomic mass is 9.86. The van der Waals surface area contributed by atoms with Crippen molar-refractivity contribution in [3.05, 3.63) is 52.6 Å². The van der Waals surface area contributed by atoms with Crippen LogP contribution in [0.3, 0.4) is 0 Å². The quantitative estimate of drug-likeness (QED) is 0.392. The van der Waals surface area contributed by atoms with Crippen molar-refractivity contribution in [2.75, 3.05) is 18.4 Å². The number of piperidine rings is 1. The molecule has 0 aliphatic carbocycles. The maximum Gasteiger partial charge on any atom is 0.266 e. The molecule has 194 valence electrons. The molecule has 1 amide bonds. The zero-order chi connectivity index (χ0) is 26.5. The van der Waals surface area contributed by atoms with Crippen molar-refractivity contribution in [1.82, 2.24) is 34.9 Å². The first-order valence-electron chi connectivity index (χ1n) is 11.8. The molecule has 1 N–H and O–H groups in total. The number of benzene rings is 1. The molecule has 0 saturated carbocycles. The topological polar surface area (TPSA) is 101 Å². The fraction of sp³-hybridized carbons (Fsp3) is 0.417. The van der Waals surface area contributed by atoms with Gasteiger partial charge in [0.25, 0.3) is 6.43 Å². The van der Waals surface area contributed by atoms with Gasteiger partial charge in [-0.3, -0.25) is 4.79 Å². The molecule has 1 aliphatic rings. The molecule has 1 fully saturated rings. The van der Waals surface area contributed by atoms with E-state index in [2.05, 4.69) is 30.8 Å². The Morgan fingerprint density at radius 1 is 1.14 bits per heavy atom. The molecular weight excluding hydrogens is 492 g/mol. The van der Waals surface area contributed by atoms with Gasteiger partial charge in [-0.15, -0.1) is 5.10 Å². The van der Waals surface area contributed by atoms with E-state index in [0.717, 1.165) is 6.07 Å². The fourth-order valence-corrected chi connectivity index (χ4v) is 4.81. The van der Waals surface area contributed by atoms with E-state index >= 15 is 4.39 Å². The predicted octanol–water partition coefficient (Wildman–Crippen LogP) is 4.43. The van der Waals surface area contributed by atoms with Crippen LogP contribution in [0.4, 0.5) is 23.4 Å². The van der Waals surface area contributed by atoms with Gasteiger partial charge in [-0.2, -0.15) is 4.52 Å². The van der Waals surface area contributed by atoms with E-state index in [0.29, 0.717) is 16.9 Å². The van der Waals surface area contributed by atoms with E-state index in [1.807, 2.05) is 0 Å². The number of halogens is 4. The molecular formula is C24H24F4N8O. The number of aromatic nitrogens is 6. The van der Waals surface area contributed by atoms with Crippen LogP contribution in [0, 0.1) is 12.7 Å². The van der Waals surface area contributed by atoms with E-state index in [9.17, 15) is 18.0 Å². The van der Waals surface area contributed by atoms with E-state index in [-0.39, 0.29) is 54.4 Å². The molecule has 0 bridgehead atoms. The number of hydrogen-bond donors (Lipinski definition) is 1. The molecule has 13 heteroatoms. The standard InChI is InChI=1S/C24H24F4N8O/c1-12(15-5-4-6-16(19(15)25)20(26)27)29-21-17-11-18(24(28)7-9-35(10-8-24)14(3)37)23-32-33-34-36(23)22(17)31-13(2)30-21/h4-6,11-12,20H,7-10H2,1-3H3,(H,29,30,31)/t12-/m1/s1. The van der Waals surface area contributed by atoms with Gasteiger partial charge in [0, 0.05) is 44.0 Å². The molecule has 9 nitrogen and oxygen atoms in total. The second-order valence-corrected chi connectivity index (χ2v) is 9.22. The average Bonchev–Trinajstić information content (AvgIpc) is 3.34. The third-order valence-corrected chi connectivity index (χ3v) is 6.83. The van der Waals surface area contributed by atoms with Gasteiger partial charge in [0.05, 0.1) is 17.0 Å². The number of rotatable bonds is 5. The molecule has 0 radical (unpaired) electrons. The van der Waals surface area contributed by atoms with Gasteiger partial charge in [-0.05, 0) is 30.3 Å². The lowest BCUT2D eigenvalue weighted by Crippen LogP contribution is -2.42. The van der Waals surface area contributed by atoms with E-state index in [1.54, 1.807) is 24.8 Å². The Labute approximate surface area is 208 Å². The molecule has 37 heavy (non-hydrogen) atoms. The predicted molar refractivity (Wildman–Crippen MR) is 126 cm³/mol. The highest BCUT2D eigenvalue weighted by molar-refractivity contribution is 5.90. The van der Waals surface area contributed by atoms with E-state index < -0.39 is 29.5 Å². The summed E-state index contributed by atoms with van der Waals surface area (Å²) in [7, 11) is 0. The number of tetrazole rings is 1. The average molecular weight is 517 g/mol. The van der Waals surface area contributed by atoms with Gasteiger partial charge >= 0.3 is 0 Å². The van der Waals surface area contributed by atoms with Crippen LogP contribution in [-0.4, -0.2) is 53.9 Å². The molecule has 1 aliphatic heterocycles. The number of nitrogens with zero attached hydrogens (tertiary/aromatic N) is 7. The molecule has 5 rings (SSSR count). The number of aryl methyl sites for hydroxylation is 1. The summed E-state index contributed by atoms with van der Waals surface area (Å²) in [5, 5.41) is 15.2. The summed E-state index contributed by atoms with van der Waals surface area (Å²) in [6.45, 7) is 5.18. The highest BCUT2D eigenvalue weighted by Crippen LogP contribution is 2.41. The van der Waals surface area contributed by atoms with Crippen LogP contribution >= 0.6 is 0 Å². The molecule has 1 aromatic carbocycles. The number of nitrogens with one attached hydrogen (secondary N) is 1. The molecule has 4 aromatic rings. The number of fused-ring (bicyclic) bond motifs is 3. The minimum atomic E-state index is -2.96. The lowest BCUT2D eigenvalue weighted by molar-refractivity contribution is -0.131. The van der Waals surface area contributed by atoms with Gasteiger partial charge in [-0.25, -0.2) is 27.5 Å².